The Morgan fingerprint density at radius 2 is 0.563 bits per heavy atom. The van der Waals surface area contributed by atoms with Crippen LogP contribution in [0.15, 0.2) is 30.3 Å². The van der Waals surface area contributed by atoms with Crippen LogP contribution in [-0.2, 0) is 54.4 Å². The summed E-state index contributed by atoms with van der Waals surface area (Å²) in [6.45, 7) is 9.13. The first-order valence-corrected chi connectivity index (χ1v) is 34.1. The first kappa shape index (κ1) is 65.7. The normalized spacial score (nSPS) is 32.0. The van der Waals surface area contributed by atoms with Crippen LogP contribution in [0.2, 0.25) is 0 Å². The first-order chi connectivity index (χ1) is 42.0. The van der Waals surface area contributed by atoms with Crippen LogP contribution < -0.4 is 42.5 Å². The predicted octanol–water partition coefficient (Wildman–Crippen LogP) is 7.40. The molecular weight excluding hydrogens is 1100 g/mol. The maximum absolute atomic E-state index is 13.8. The van der Waals surface area contributed by atoms with Gasteiger partial charge in [-0.1, -0.05) is 81.7 Å². The predicted molar refractivity (Wildman–Crippen MR) is 328 cm³/mol. The number of ether oxygens (including phenoxy) is 2. The number of esters is 1. The van der Waals surface area contributed by atoms with Gasteiger partial charge in [0.2, 0.25) is 41.4 Å². The summed E-state index contributed by atoms with van der Waals surface area (Å²) in [7, 11) is 0. The summed E-state index contributed by atoms with van der Waals surface area (Å²) >= 11 is 0. The third-order valence-electron chi connectivity index (χ3n) is 21.8. The molecule has 0 unspecified atom stereocenters. The topological polar surface area (TPSA) is 268 Å². The largest absolute Gasteiger partial charge is 0.461 e. The highest BCUT2D eigenvalue weighted by molar-refractivity contribution is 5.84. The van der Waals surface area contributed by atoms with Gasteiger partial charge in [0, 0.05) is 93.8 Å². The van der Waals surface area contributed by atoms with Crippen LogP contribution in [0.5, 0.6) is 0 Å². The van der Waals surface area contributed by atoms with Gasteiger partial charge >= 0.3 is 12.1 Å². The molecule has 0 saturated heterocycles. The number of amides is 8. The molecule has 19 nitrogen and oxygen atoms in total. The minimum atomic E-state index is -0.596. The maximum Gasteiger partial charge on any atom is 0.407 e. The fourth-order valence-corrected chi connectivity index (χ4v) is 16.9. The van der Waals surface area contributed by atoms with Gasteiger partial charge in [-0.05, 0) is 176 Å². The third kappa shape index (κ3) is 18.2. The second kappa shape index (κ2) is 31.6. The lowest BCUT2D eigenvalue weighted by atomic mass is 9.91. The van der Waals surface area contributed by atoms with Crippen LogP contribution in [0.3, 0.4) is 0 Å². The van der Waals surface area contributed by atoms with Gasteiger partial charge in [0.25, 0.3) is 0 Å². The van der Waals surface area contributed by atoms with Crippen molar-refractivity contribution in [3.63, 3.8) is 0 Å². The van der Waals surface area contributed by atoms with Crippen molar-refractivity contribution < 1.29 is 52.6 Å². The van der Waals surface area contributed by atoms with Crippen molar-refractivity contribution in [3.05, 3.63) is 35.9 Å². The molecule has 8 N–H and O–H groups in total. The van der Waals surface area contributed by atoms with Crippen molar-refractivity contribution in [3.8, 4) is 0 Å². The average molecular weight is 1210 g/mol. The quantitative estimate of drug-likeness (QED) is 0.0424. The number of benzene rings is 1. The summed E-state index contributed by atoms with van der Waals surface area (Å²) in [5.74, 6) is -1.66. The van der Waals surface area contributed by atoms with E-state index in [-0.39, 0.29) is 149 Å². The molecule has 16 atom stereocenters. The Kier molecular flexibility index (Phi) is 23.9. The maximum atomic E-state index is 13.8. The molecule has 0 radical (unpaired) electrons. The Hall–Kier alpha value is -5.75. The second-order valence-electron chi connectivity index (χ2n) is 28.6. The minimum absolute atomic E-state index is 0.000168. The Morgan fingerprint density at radius 1 is 0.333 bits per heavy atom. The Labute approximate surface area is 516 Å². The summed E-state index contributed by atoms with van der Waals surface area (Å²) in [6.07, 6.45) is 19.8. The van der Waals surface area contributed by atoms with Crippen LogP contribution in [0.1, 0.15) is 180 Å². The van der Waals surface area contributed by atoms with E-state index in [1.165, 1.54) is 0 Å². The fraction of sp³-hybridized carbons (Fsp3) is 0.779. The zero-order valence-electron chi connectivity index (χ0n) is 52.4. The summed E-state index contributed by atoms with van der Waals surface area (Å²) in [5.41, 5.74) is 0.354. The second-order valence-corrected chi connectivity index (χ2v) is 28.6. The van der Waals surface area contributed by atoms with Crippen LogP contribution in [0, 0.1) is 94.7 Å². The van der Waals surface area contributed by atoms with Crippen molar-refractivity contribution in [2.75, 3.05) is 52.4 Å². The lowest BCUT2D eigenvalue weighted by Crippen LogP contribution is -2.44. The first-order valence-electron chi connectivity index (χ1n) is 34.1. The minimum Gasteiger partial charge on any atom is -0.461 e. The zero-order chi connectivity index (χ0) is 61.5. The number of carbonyl (C=O) groups is 9. The van der Waals surface area contributed by atoms with Gasteiger partial charge in [0.05, 0.1) is 5.92 Å². The standard InChI is InChI=1S/C68H104N8O11/c1-68(2,3)87-67(85)76-40-49-23-13-31-57(49)65(83)74-38-47-21-11-29-55(47)63(81)72-36-45-19-9-27-53(45)61(79)70-34-43-17-7-25-51(43)59(77)69-33-44-18-8-26-52(44)60(78)71-35-46-20-10-28-54(46)62(80)73-37-48-22-12-30-56(48)64(82)75-39-50-24-14-32-58(50)66(84)86-41-42-15-5-4-6-16-42/h4-6,15-16,43-58H,7-14,17-41H2,1-3H3,(H,69,77)(H,70,79)(H,71,78)(H,72,81)(H,73,80)(H,74,83)(H,75,82)(H,76,85)/t43-,44-,45-,46-,47-,48-,49-,50-,51+,52+,53+,54+,55+,56+,57+,58+/m0/s1. The SMILES string of the molecule is CC(C)(C)OC(=O)NC[C@@H]1CCC[C@H]1C(=O)NC[C@@H]1CCC[C@H]1C(=O)NC[C@@H]1CCC[C@H]1C(=O)NC[C@@H]1CCC[C@H]1C(=O)NC[C@@H]1CCC[C@H]1C(=O)NC[C@@H]1CCC[C@H]1C(=O)NC[C@@H]1CCC[C@H]1C(=O)NC[C@@H]1CCC[C@H]1C(=O)OCc1ccccc1. The van der Waals surface area contributed by atoms with E-state index in [1.54, 1.807) is 0 Å². The molecule has 8 fully saturated rings. The molecule has 1 aromatic carbocycles. The fourth-order valence-electron chi connectivity index (χ4n) is 16.9. The van der Waals surface area contributed by atoms with Crippen molar-refractivity contribution in [1.82, 2.24) is 42.5 Å². The van der Waals surface area contributed by atoms with Crippen molar-refractivity contribution in [2.45, 2.75) is 187 Å². The van der Waals surface area contributed by atoms with Crippen LogP contribution in [0.4, 0.5) is 4.79 Å². The monoisotopic (exact) mass is 1210 g/mol. The summed E-state index contributed by atoms with van der Waals surface area (Å²) in [4.78, 5) is 121. The summed E-state index contributed by atoms with van der Waals surface area (Å²) in [5, 5.41) is 25.3. The van der Waals surface area contributed by atoms with Crippen LogP contribution in [0.25, 0.3) is 0 Å². The number of nitrogens with one attached hydrogen (secondary N) is 8. The number of carbonyl (C=O) groups excluding carboxylic acids is 9. The molecule has 9 rings (SSSR count). The van der Waals surface area contributed by atoms with E-state index in [4.69, 9.17) is 9.47 Å². The van der Waals surface area contributed by atoms with E-state index in [0.29, 0.717) is 52.4 Å². The molecular formula is C68H104N8O11. The summed E-state index contributed by atoms with van der Waals surface area (Å²) in [6, 6.07) is 9.66. The molecule has 8 saturated carbocycles. The lowest BCUT2D eigenvalue weighted by Gasteiger charge is -2.26. The van der Waals surface area contributed by atoms with Gasteiger partial charge in [-0.2, -0.15) is 0 Å². The smallest absolute Gasteiger partial charge is 0.407 e. The van der Waals surface area contributed by atoms with Gasteiger partial charge in [0.15, 0.2) is 0 Å². The highest BCUT2D eigenvalue weighted by Gasteiger charge is 2.43. The van der Waals surface area contributed by atoms with Gasteiger partial charge < -0.3 is 52.0 Å². The third-order valence-corrected chi connectivity index (χ3v) is 21.8. The molecule has 1 aromatic rings. The molecule has 87 heavy (non-hydrogen) atoms. The molecule has 0 bridgehead atoms. The molecule has 0 aliphatic heterocycles. The number of alkyl carbamates (subject to hydrolysis) is 1. The Balaban J connectivity index is 0.645. The van der Waals surface area contributed by atoms with Crippen LogP contribution in [-0.4, -0.2) is 111 Å². The molecule has 0 spiro atoms. The molecule has 0 heterocycles. The highest BCUT2D eigenvalue weighted by atomic mass is 16.6. The van der Waals surface area contributed by atoms with Crippen molar-refractivity contribution in [1.29, 1.82) is 0 Å². The van der Waals surface area contributed by atoms with E-state index in [2.05, 4.69) is 42.5 Å². The molecule has 8 aliphatic rings. The zero-order valence-corrected chi connectivity index (χ0v) is 52.4. The van der Waals surface area contributed by atoms with Gasteiger partial charge in [-0.15, -0.1) is 0 Å². The lowest BCUT2D eigenvalue weighted by molar-refractivity contribution is -0.151. The number of hydrogen-bond acceptors (Lipinski definition) is 11. The van der Waals surface area contributed by atoms with Crippen LogP contribution >= 0.6 is 0 Å². The van der Waals surface area contributed by atoms with Crippen molar-refractivity contribution in [2.24, 2.45) is 94.7 Å². The number of hydrogen-bond donors (Lipinski definition) is 8. The molecule has 8 aliphatic carbocycles. The summed E-state index contributed by atoms with van der Waals surface area (Å²) < 4.78 is 11.1. The number of rotatable bonds is 26. The Bertz CT molecular complexity index is 2530. The van der Waals surface area contributed by atoms with E-state index >= 15 is 0 Å². The highest BCUT2D eigenvalue weighted by Crippen LogP contribution is 2.40. The molecule has 482 valence electrons. The molecule has 8 amide bonds. The van der Waals surface area contributed by atoms with E-state index < -0.39 is 11.7 Å². The van der Waals surface area contributed by atoms with E-state index in [0.717, 1.165) is 160 Å². The van der Waals surface area contributed by atoms with Gasteiger partial charge in [-0.3, -0.25) is 38.4 Å². The average Bonchev–Trinajstić information content (AvgIpc) is 4.10. The Morgan fingerprint density at radius 3 is 0.816 bits per heavy atom. The van der Waals surface area contributed by atoms with E-state index in [1.807, 2.05) is 51.1 Å². The van der Waals surface area contributed by atoms with Crippen molar-refractivity contribution >= 4 is 53.4 Å². The van der Waals surface area contributed by atoms with Gasteiger partial charge in [-0.25, -0.2) is 4.79 Å². The van der Waals surface area contributed by atoms with Gasteiger partial charge in [0.1, 0.15) is 12.2 Å². The van der Waals surface area contributed by atoms with E-state index in [9.17, 15) is 43.2 Å². The molecule has 0 aromatic heterocycles. The molecule has 19 heteroatoms.